The summed E-state index contributed by atoms with van der Waals surface area (Å²) in [5.74, 6) is -3.29. The summed E-state index contributed by atoms with van der Waals surface area (Å²) >= 11 is 6.54. The summed E-state index contributed by atoms with van der Waals surface area (Å²) in [6, 6.07) is 12.9. The van der Waals surface area contributed by atoms with Crippen LogP contribution in [-0.4, -0.2) is 138 Å². The molecule has 9 N–H and O–H groups in total. The lowest BCUT2D eigenvalue weighted by atomic mass is 10.0. The van der Waals surface area contributed by atoms with Gasteiger partial charge >= 0.3 is 18.2 Å². The molecule has 3 aromatic rings. The van der Waals surface area contributed by atoms with Crippen molar-refractivity contribution in [3.05, 3.63) is 93.5 Å². The second-order valence-electron chi connectivity index (χ2n) is 20.1. The second kappa shape index (κ2) is 29.7. The molecule has 80 heavy (non-hydrogen) atoms. The molecule has 2 saturated heterocycles. The van der Waals surface area contributed by atoms with E-state index in [9.17, 15) is 52.7 Å². The van der Waals surface area contributed by atoms with Crippen molar-refractivity contribution >= 4 is 88.4 Å². The molecule has 2 fully saturated rings. The number of imide groups is 2. The van der Waals surface area contributed by atoms with E-state index in [4.69, 9.17) is 26.8 Å². The number of piperidine rings is 1. The molecule has 0 bridgehead atoms. The van der Waals surface area contributed by atoms with E-state index in [1.54, 1.807) is 75.5 Å². The third kappa shape index (κ3) is 18.2. The first-order valence-corrected chi connectivity index (χ1v) is 27.1. The van der Waals surface area contributed by atoms with Crippen LogP contribution in [0.3, 0.4) is 0 Å². The van der Waals surface area contributed by atoms with Crippen molar-refractivity contribution in [3.63, 3.8) is 0 Å². The molecule has 0 aliphatic carbocycles. The predicted octanol–water partition coefficient (Wildman–Crippen LogP) is 3.97. The minimum atomic E-state index is -1.06. The van der Waals surface area contributed by atoms with Crippen molar-refractivity contribution in [2.24, 2.45) is 11.7 Å². The maximum absolute atomic E-state index is 13.6. The van der Waals surface area contributed by atoms with E-state index >= 15 is 0 Å². The van der Waals surface area contributed by atoms with Crippen molar-refractivity contribution in [2.45, 2.75) is 122 Å². The van der Waals surface area contributed by atoms with E-state index in [1.165, 1.54) is 14.7 Å². The summed E-state index contributed by atoms with van der Waals surface area (Å²) in [7, 11) is 1.57. The largest absolute Gasteiger partial charge is 0.445 e. The number of likely N-dealkylation sites (tertiary alicyclic amines) is 1. The number of carbonyl (C=O) groups is 11. The zero-order chi connectivity index (χ0) is 57.9. The number of nitrogens with two attached hydrogens (primary N) is 1. The number of rotatable bonds is 28. The number of hydrogen-bond acceptors (Lipinski definition) is 13. The van der Waals surface area contributed by atoms with Crippen LogP contribution in [0.1, 0.15) is 111 Å². The van der Waals surface area contributed by atoms with Crippen LogP contribution in [0.15, 0.2) is 60.7 Å². The molecule has 3 aliphatic rings. The monoisotopic (exact) mass is 1130 g/mol. The number of unbranched alkanes of at least 4 members (excludes halogenated alkanes) is 2. The van der Waals surface area contributed by atoms with Crippen LogP contribution in [0, 0.1) is 5.92 Å². The van der Waals surface area contributed by atoms with Gasteiger partial charge in [0, 0.05) is 87.4 Å². The number of nitrogens with zero attached hydrogens (tertiary/aromatic N) is 3. The molecule has 3 atom stereocenters. The molecule has 0 spiro atoms. The lowest BCUT2D eigenvalue weighted by Gasteiger charge is -2.29. The highest BCUT2D eigenvalue weighted by Gasteiger charge is 2.39. The summed E-state index contributed by atoms with van der Waals surface area (Å²) in [4.78, 5) is 142. The van der Waals surface area contributed by atoms with Crippen LogP contribution in [0.2, 0.25) is 5.02 Å². The zero-order valence-corrected chi connectivity index (χ0v) is 45.9. The second-order valence-corrected chi connectivity index (χ2v) is 20.5. The fraction of sp³-hybridized carbons (Fsp3) is 0.473. The van der Waals surface area contributed by atoms with Gasteiger partial charge in [0.05, 0.1) is 13.2 Å². The number of fused-ring (bicyclic) bond motifs is 1. The molecule has 0 saturated carbocycles. The van der Waals surface area contributed by atoms with Gasteiger partial charge in [-0.25, -0.2) is 14.4 Å². The van der Waals surface area contributed by atoms with E-state index in [0.717, 1.165) is 16.7 Å². The first kappa shape index (κ1) is 61.1. The molecule has 3 heterocycles. The minimum absolute atomic E-state index is 0.0653. The normalized spacial score (nSPS) is 15.7. The van der Waals surface area contributed by atoms with Gasteiger partial charge in [0.25, 0.3) is 5.91 Å². The number of halogens is 1. The van der Waals surface area contributed by atoms with Crippen molar-refractivity contribution in [1.29, 1.82) is 0 Å². The first-order chi connectivity index (χ1) is 38.3. The number of nitrogens with one attached hydrogen (secondary N) is 7. The number of carbonyl (C=O) groups excluding carboxylic acids is 11. The van der Waals surface area contributed by atoms with Gasteiger partial charge in [-0.15, -0.1) is 0 Å². The maximum Gasteiger partial charge on any atom is 0.409 e. The Labute approximate surface area is 468 Å². The number of benzene rings is 3. The zero-order valence-electron chi connectivity index (χ0n) is 45.1. The van der Waals surface area contributed by atoms with Gasteiger partial charge in [-0.05, 0) is 97.0 Å². The molecule has 0 aromatic heterocycles. The Balaban J connectivity index is 0.865. The standard InChI is InChI=1S/C55H70ClN11O13/c1-33(2)48(63-44(68)9-5-4-6-24-66-46(70)20-21-47(66)71)51(74)62-42(8-7-23-58-53(57)76)49(72)60-38-14-10-34(11-15-38)32-80-55(78)65(3)25-27-79-26-22-36-13-16-39(29-41(36)56)61-54(77)59-30-35-12-17-40-37(28-35)31-67(52(40)75)43-18-19-45(69)64-50(43)73/h10-17,28-29,33,42-43,48H,4-9,18-27,30-32H2,1-3H3,(H,60,72)(H,62,74)(H,63,68)(H3,57,58,76)(H2,59,61,77)(H,64,69,73)/t42-,43?,48-/m0/s1. The molecule has 3 aliphatic heterocycles. The van der Waals surface area contributed by atoms with Gasteiger partial charge in [0.15, 0.2) is 0 Å². The van der Waals surface area contributed by atoms with Gasteiger partial charge in [-0.1, -0.05) is 62.2 Å². The van der Waals surface area contributed by atoms with Crippen LogP contribution >= 0.6 is 11.6 Å². The highest BCUT2D eigenvalue weighted by molar-refractivity contribution is 6.31. The fourth-order valence-electron chi connectivity index (χ4n) is 9.10. The van der Waals surface area contributed by atoms with Crippen LogP contribution in [-0.2, 0) is 69.2 Å². The van der Waals surface area contributed by atoms with Crippen LogP contribution in [0.5, 0.6) is 0 Å². The van der Waals surface area contributed by atoms with Gasteiger partial charge in [0.2, 0.25) is 41.4 Å². The Morgan fingerprint density at radius 2 is 1.54 bits per heavy atom. The summed E-state index contributed by atoms with van der Waals surface area (Å²) in [5, 5.41) is 19.0. The molecule has 1 unspecified atom stereocenters. The Bertz CT molecular complexity index is 2780. The molecule has 24 nitrogen and oxygen atoms in total. The average Bonchev–Trinajstić information content (AvgIpc) is 3.93. The smallest absolute Gasteiger partial charge is 0.409 e. The molecule has 0 radical (unpaired) electrons. The van der Waals surface area contributed by atoms with E-state index in [0.29, 0.717) is 72.8 Å². The molecular formula is C55H70ClN11O13. The topological polar surface area (TPSA) is 326 Å². The number of urea groups is 2. The van der Waals surface area contributed by atoms with E-state index in [-0.39, 0.29) is 113 Å². The van der Waals surface area contributed by atoms with Gasteiger partial charge in [0.1, 0.15) is 24.7 Å². The van der Waals surface area contributed by atoms with Crippen LogP contribution in [0.25, 0.3) is 0 Å². The van der Waals surface area contributed by atoms with Crippen LogP contribution < -0.4 is 43.0 Å². The predicted molar refractivity (Wildman–Crippen MR) is 292 cm³/mol. The summed E-state index contributed by atoms with van der Waals surface area (Å²) in [5.41, 5.74) is 9.43. The highest BCUT2D eigenvalue weighted by atomic mass is 35.5. The van der Waals surface area contributed by atoms with Crippen molar-refractivity contribution < 1.29 is 62.2 Å². The third-order valence-electron chi connectivity index (χ3n) is 13.6. The number of amides is 13. The summed E-state index contributed by atoms with van der Waals surface area (Å²) in [6.07, 6.45) is 2.93. The molecule has 25 heteroatoms. The van der Waals surface area contributed by atoms with Crippen molar-refractivity contribution in [2.75, 3.05) is 50.5 Å². The number of likely N-dealkylation sites (N-methyl/N-ethyl adjacent to an activating group) is 1. The Morgan fingerprint density at radius 1 is 0.812 bits per heavy atom. The average molecular weight is 1130 g/mol. The Hall–Kier alpha value is -8.12. The fourth-order valence-corrected chi connectivity index (χ4v) is 9.38. The quantitative estimate of drug-likeness (QED) is 0.0378. The molecule has 13 amide bonds. The summed E-state index contributed by atoms with van der Waals surface area (Å²) < 4.78 is 11.2. The number of hydrogen-bond donors (Lipinski definition) is 8. The van der Waals surface area contributed by atoms with Crippen molar-refractivity contribution in [3.8, 4) is 0 Å². The van der Waals surface area contributed by atoms with E-state index in [2.05, 4.69) is 37.2 Å². The van der Waals surface area contributed by atoms with Gasteiger partial charge < -0.3 is 56.9 Å². The highest BCUT2D eigenvalue weighted by Crippen LogP contribution is 2.29. The number of ether oxygens (including phenoxy) is 2. The van der Waals surface area contributed by atoms with Crippen LogP contribution in [0.4, 0.5) is 25.8 Å². The van der Waals surface area contributed by atoms with Crippen molar-refractivity contribution in [1.82, 2.24) is 41.3 Å². The first-order valence-electron chi connectivity index (χ1n) is 26.7. The molecule has 430 valence electrons. The third-order valence-corrected chi connectivity index (χ3v) is 14.0. The molecular weight excluding hydrogens is 1060 g/mol. The lowest BCUT2D eigenvalue weighted by molar-refractivity contribution is -0.139. The number of anilines is 2. The van der Waals surface area contributed by atoms with E-state index < -0.39 is 54.0 Å². The van der Waals surface area contributed by atoms with Gasteiger partial charge in [-0.2, -0.15) is 0 Å². The summed E-state index contributed by atoms with van der Waals surface area (Å²) in [6.45, 7) is 5.05. The Morgan fingerprint density at radius 3 is 2.24 bits per heavy atom. The molecule has 6 rings (SSSR count). The maximum atomic E-state index is 13.6. The molecule has 3 aromatic carbocycles. The minimum Gasteiger partial charge on any atom is -0.445 e. The number of primary amides is 1. The lowest BCUT2D eigenvalue weighted by Crippen LogP contribution is -2.54. The SMILES string of the molecule is CC(C)[C@H](NC(=O)CCCCCN1C(=O)CCC1=O)C(=O)N[C@@H](CCCNC(N)=O)C(=O)Nc1ccc(COC(=O)N(C)CCOCCc2ccc(NC(=O)NCc3ccc4c(c3)CN(C3CCC(=O)NC3=O)C4=O)cc2Cl)cc1. The van der Waals surface area contributed by atoms with E-state index in [1.807, 2.05) is 6.07 Å². The van der Waals surface area contributed by atoms with Gasteiger partial charge in [-0.3, -0.25) is 48.6 Å². The Kier molecular flexibility index (Phi) is 22.7.